The third kappa shape index (κ3) is 3.75. The van der Waals surface area contributed by atoms with Gasteiger partial charge < -0.3 is 10.5 Å². The molecule has 1 saturated carbocycles. The zero-order chi connectivity index (χ0) is 15.1. The normalized spacial score (nSPS) is 39.8. The average molecular weight is 282 g/mol. The van der Waals surface area contributed by atoms with E-state index in [0.29, 0.717) is 23.6 Å². The molecule has 4 unspecified atom stereocenters. The van der Waals surface area contributed by atoms with E-state index >= 15 is 0 Å². The van der Waals surface area contributed by atoms with Crippen LogP contribution in [0.3, 0.4) is 0 Å². The molecule has 4 atom stereocenters. The van der Waals surface area contributed by atoms with E-state index in [2.05, 4.69) is 46.4 Å². The van der Waals surface area contributed by atoms with Crippen molar-refractivity contribution in [2.75, 3.05) is 13.1 Å². The van der Waals surface area contributed by atoms with Crippen LogP contribution in [0.4, 0.5) is 0 Å². The fraction of sp³-hybridized carbons (Fsp3) is 1.00. The van der Waals surface area contributed by atoms with Crippen LogP contribution in [-0.4, -0.2) is 41.8 Å². The lowest BCUT2D eigenvalue weighted by Gasteiger charge is -2.50. The Morgan fingerprint density at radius 3 is 2.40 bits per heavy atom. The van der Waals surface area contributed by atoms with Crippen LogP contribution in [0.1, 0.15) is 60.8 Å². The van der Waals surface area contributed by atoms with Crippen molar-refractivity contribution in [2.24, 2.45) is 17.1 Å². The maximum atomic E-state index is 6.47. The number of ether oxygens (including phenoxy) is 1. The first kappa shape index (κ1) is 16.3. The quantitative estimate of drug-likeness (QED) is 0.803. The topological polar surface area (TPSA) is 38.5 Å². The van der Waals surface area contributed by atoms with Gasteiger partial charge in [-0.1, -0.05) is 20.8 Å². The van der Waals surface area contributed by atoms with Gasteiger partial charge in [-0.15, -0.1) is 0 Å². The van der Waals surface area contributed by atoms with Crippen molar-refractivity contribution in [3.05, 3.63) is 0 Å². The Labute approximate surface area is 125 Å². The second kappa shape index (κ2) is 5.58. The van der Waals surface area contributed by atoms with Gasteiger partial charge in [-0.25, -0.2) is 0 Å². The van der Waals surface area contributed by atoms with Crippen LogP contribution in [0, 0.1) is 11.3 Å². The van der Waals surface area contributed by atoms with Crippen LogP contribution in [-0.2, 0) is 4.74 Å². The third-order valence-corrected chi connectivity index (χ3v) is 5.16. The van der Waals surface area contributed by atoms with Gasteiger partial charge in [0.2, 0.25) is 0 Å². The standard InChI is InChI=1S/C17H34N2O/c1-12-10-19(11-17(5,6)20-12)15-9-13(16(2,3)4)7-8-14(15)18/h12-15H,7-11,18H2,1-6H3. The SMILES string of the molecule is CC1CN(C2CC(C(C)(C)C)CCC2N)CC(C)(C)O1. The molecule has 3 heteroatoms. The average Bonchev–Trinajstić information content (AvgIpc) is 2.24. The van der Waals surface area contributed by atoms with Crippen LogP contribution < -0.4 is 5.73 Å². The van der Waals surface area contributed by atoms with Crippen LogP contribution in [0.15, 0.2) is 0 Å². The minimum absolute atomic E-state index is 0.0495. The Balaban J connectivity index is 2.09. The summed E-state index contributed by atoms with van der Waals surface area (Å²) in [6, 6.07) is 0.855. The van der Waals surface area contributed by atoms with Gasteiger partial charge in [0, 0.05) is 25.2 Å². The number of nitrogens with zero attached hydrogens (tertiary/aromatic N) is 1. The van der Waals surface area contributed by atoms with E-state index in [9.17, 15) is 0 Å². The summed E-state index contributed by atoms with van der Waals surface area (Å²) in [5.74, 6) is 0.786. The minimum atomic E-state index is -0.0495. The maximum absolute atomic E-state index is 6.47. The van der Waals surface area contributed by atoms with Crippen LogP contribution >= 0.6 is 0 Å². The molecule has 1 aliphatic heterocycles. The van der Waals surface area contributed by atoms with E-state index in [1.807, 2.05) is 0 Å². The highest BCUT2D eigenvalue weighted by molar-refractivity contribution is 4.96. The Morgan fingerprint density at radius 2 is 1.85 bits per heavy atom. The number of morpholine rings is 1. The highest BCUT2D eigenvalue weighted by Gasteiger charge is 2.41. The molecule has 2 aliphatic rings. The van der Waals surface area contributed by atoms with Gasteiger partial charge in [-0.3, -0.25) is 4.90 Å². The first-order chi connectivity index (χ1) is 9.08. The van der Waals surface area contributed by atoms with E-state index in [1.165, 1.54) is 19.3 Å². The molecule has 0 aromatic heterocycles. The predicted molar refractivity (Wildman–Crippen MR) is 84.8 cm³/mol. The second-order valence-electron chi connectivity index (χ2n) is 8.72. The zero-order valence-corrected chi connectivity index (χ0v) is 14.3. The van der Waals surface area contributed by atoms with Gasteiger partial charge in [0.25, 0.3) is 0 Å². The van der Waals surface area contributed by atoms with Crippen molar-refractivity contribution in [1.82, 2.24) is 4.90 Å². The summed E-state index contributed by atoms with van der Waals surface area (Å²) >= 11 is 0. The van der Waals surface area contributed by atoms with Crippen molar-refractivity contribution in [2.45, 2.75) is 84.6 Å². The van der Waals surface area contributed by atoms with Crippen LogP contribution in [0.25, 0.3) is 0 Å². The Bertz CT molecular complexity index is 334. The lowest BCUT2D eigenvalue weighted by Crippen LogP contribution is -2.61. The van der Waals surface area contributed by atoms with E-state index in [0.717, 1.165) is 19.0 Å². The molecule has 1 aliphatic carbocycles. The molecule has 1 saturated heterocycles. The summed E-state index contributed by atoms with van der Waals surface area (Å²) in [5.41, 5.74) is 6.81. The molecule has 2 N–H and O–H groups in total. The van der Waals surface area contributed by atoms with Gasteiger partial charge in [0.15, 0.2) is 0 Å². The molecular weight excluding hydrogens is 248 g/mol. The van der Waals surface area contributed by atoms with Gasteiger partial charge in [0.05, 0.1) is 11.7 Å². The minimum Gasteiger partial charge on any atom is -0.370 e. The molecule has 3 nitrogen and oxygen atoms in total. The highest BCUT2D eigenvalue weighted by atomic mass is 16.5. The molecule has 2 rings (SSSR count). The number of hydrogen-bond acceptors (Lipinski definition) is 3. The highest BCUT2D eigenvalue weighted by Crippen LogP contribution is 2.40. The Hall–Kier alpha value is -0.120. The molecular formula is C17H34N2O. The summed E-state index contributed by atoms with van der Waals surface area (Å²) in [5, 5.41) is 0. The second-order valence-corrected chi connectivity index (χ2v) is 8.72. The molecule has 0 radical (unpaired) electrons. The molecule has 0 spiro atoms. The van der Waals surface area contributed by atoms with Crippen LogP contribution in [0.2, 0.25) is 0 Å². The largest absolute Gasteiger partial charge is 0.370 e. The summed E-state index contributed by atoms with van der Waals surface area (Å²) in [4.78, 5) is 2.61. The summed E-state index contributed by atoms with van der Waals surface area (Å²) in [7, 11) is 0. The van der Waals surface area contributed by atoms with Crippen molar-refractivity contribution >= 4 is 0 Å². The van der Waals surface area contributed by atoms with Gasteiger partial charge in [-0.2, -0.15) is 0 Å². The first-order valence-electron chi connectivity index (χ1n) is 8.26. The smallest absolute Gasteiger partial charge is 0.0757 e. The molecule has 2 fully saturated rings. The molecule has 0 bridgehead atoms. The molecule has 0 aromatic carbocycles. The van der Waals surface area contributed by atoms with E-state index in [4.69, 9.17) is 10.5 Å². The molecule has 118 valence electrons. The van der Waals surface area contributed by atoms with Gasteiger partial charge >= 0.3 is 0 Å². The van der Waals surface area contributed by atoms with Crippen molar-refractivity contribution < 1.29 is 4.74 Å². The summed E-state index contributed by atoms with van der Waals surface area (Å²) in [6.07, 6.45) is 4.00. The third-order valence-electron chi connectivity index (χ3n) is 5.16. The predicted octanol–water partition coefficient (Wildman–Crippen LogP) is 3.03. The fourth-order valence-electron chi connectivity index (χ4n) is 4.13. The maximum Gasteiger partial charge on any atom is 0.0757 e. The van der Waals surface area contributed by atoms with Gasteiger partial charge in [-0.05, 0) is 51.4 Å². The van der Waals surface area contributed by atoms with Crippen molar-refractivity contribution in [1.29, 1.82) is 0 Å². The number of rotatable bonds is 1. The van der Waals surface area contributed by atoms with E-state index < -0.39 is 0 Å². The van der Waals surface area contributed by atoms with E-state index in [1.54, 1.807) is 0 Å². The molecule has 0 aromatic rings. The zero-order valence-electron chi connectivity index (χ0n) is 14.3. The summed E-state index contributed by atoms with van der Waals surface area (Å²) in [6.45, 7) is 15.7. The molecule has 0 amide bonds. The number of nitrogens with two attached hydrogens (primary N) is 1. The van der Waals surface area contributed by atoms with Gasteiger partial charge in [0.1, 0.15) is 0 Å². The molecule has 1 heterocycles. The Morgan fingerprint density at radius 1 is 1.20 bits per heavy atom. The Kier molecular flexibility index (Phi) is 4.54. The van der Waals surface area contributed by atoms with Crippen LogP contribution in [0.5, 0.6) is 0 Å². The van der Waals surface area contributed by atoms with E-state index in [-0.39, 0.29) is 5.60 Å². The van der Waals surface area contributed by atoms with Crippen molar-refractivity contribution in [3.63, 3.8) is 0 Å². The number of hydrogen-bond donors (Lipinski definition) is 1. The lowest BCUT2D eigenvalue weighted by atomic mass is 9.69. The fourth-order valence-corrected chi connectivity index (χ4v) is 4.13. The summed E-state index contributed by atoms with van der Waals surface area (Å²) < 4.78 is 6.04. The first-order valence-corrected chi connectivity index (χ1v) is 8.26. The monoisotopic (exact) mass is 282 g/mol. The molecule has 20 heavy (non-hydrogen) atoms. The lowest BCUT2D eigenvalue weighted by molar-refractivity contribution is -0.144. The van der Waals surface area contributed by atoms with Crippen molar-refractivity contribution in [3.8, 4) is 0 Å².